The molecule has 3 N–H and O–H groups in total. The molecule has 2 heterocycles. The van der Waals surface area contributed by atoms with Crippen LogP contribution in [0.5, 0.6) is 0 Å². The summed E-state index contributed by atoms with van der Waals surface area (Å²) in [5, 5.41) is 16.0. The number of carboxylic acids is 1. The monoisotopic (exact) mass is 463 g/mol. The van der Waals surface area contributed by atoms with Gasteiger partial charge in [-0.25, -0.2) is 19.4 Å². The molecular formula is C20H22ClN5O6. The summed E-state index contributed by atoms with van der Waals surface area (Å²) in [6.07, 6.45) is 3.14. The predicted molar refractivity (Wildman–Crippen MR) is 114 cm³/mol. The quantitative estimate of drug-likeness (QED) is 0.547. The Bertz CT molecular complexity index is 1180. The van der Waals surface area contributed by atoms with Gasteiger partial charge in [-0.3, -0.25) is 4.40 Å². The number of methoxy groups -OCH3 is 2. The van der Waals surface area contributed by atoms with E-state index in [0.717, 1.165) is 28.9 Å². The lowest BCUT2D eigenvalue weighted by molar-refractivity contribution is 0.0587. The molecule has 0 radical (unpaired) electrons. The molecule has 11 nitrogen and oxygen atoms in total. The number of carbonyl (C=O) groups excluding carboxylic acids is 2. The van der Waals surface area contributed by atoms with Gasteiger partial charge < -0.3 is 20.3 Å². The van der Waals surface area contributed by atoms with E-state index >= 15 is 0 Å². The molecule has 12 heteroatoms. The fourth-order valence-corrected chi connectivity index (χ4v) is 3.43. The number of hydrogen-bond acceptors (Lipinski definition) is 9. The van der Waals surface area contributed by atoms with Gasteiger partial charge in [-0.15, -0.1) is 22.6 Å². The van der Waals surface area contributed by atoms with Crippen molar-refractivity contribution < 1.29 is 29.0 Å². The van der Waals surface area contributed by atoms with Crippen molar-refractivity contribution in [1.29, 1.82) is 0 Å². The molecule has 0 fully saturated rings. The van der Waals surface area contributed by atoms with E-state index in [2.05, 4.69) is 19.9 Å². The molecule has 0 unspecified atom stereocenters. The molecule has 170 valence electrons. The van der Waals surface area contributed by atoms with Crippen LogP contribution < -0.4 is 5.73 Å². The molecule has 4 rings (SSSR count). The largest absolute Gasteiger partial charge is 0.477 e. The summed E-state index contributed by atoms with van der Waals surface area (Å²) in [7, 11) is 2.58. The van der Waals surface area contributed by atoms with E-state index in [4.69, 9.17) is 15.6 Å². The molecule has 3 aromatic rings. The van der Waals surface area contributed by atoms with Gasteiger partial charge in [-0.05, 0) is 42.5 Å². The summed E-state index contributed by atoms with van der Waals surface area (Å²) in [6.45, 7) is 1.96. The Balaban J connectivity index is 0.000000220. The van der Waals surface area contributed by atoms with Crippen molar-refractivity contribution in [2.24, 2.45) is 5.73 Å². The molecule has 1 atom stereocenters. The van der Waals surface area contributed by atoms with Crippen molar-refractivity contribution in [3.8, 4) is 0 Å². The van der Waals surface area contributed by atoms with Crippen molar-refractivity contribution in [3.63, 3.8) is 0 Å². The first-order chi connectivity index (χ1) is 14.8. The van der Waals surface area contributed by atoms with Gasteiger partial charge >= 0.3 is 17.9 Å². The van der Waals surface area contributed by atoms with Gasteiger partial charge in [0.25, 0.3) is 5.78 Å². The number of hydrogen-bond donors (Lipinski definition) is 2. The standard InChI is InChI=1S/C12H15NO2.C8H6N4O4.ClH/c1-7-8-5-6-11(13)10(8)4-3-9(7)12(14)15-2;1-16-7(15)4-2-5(6(13)14)12-3-9-11-8(12)10-4;/h3-4,11H,5-6,13H2,1-2H3;2-3H,1H3,(H,13,14);1H/t11-;;/m0../s1. The summed E-state index contributed by atoms with van der Waals surface area (Å²) < 4.78 is 10.3. The predicted octanol–water partition coefficient (Wildman–Crippen LogP) is 1.76. The van der Waals surface area contributed by atoms with Crippen molar-refractivity contribution in [3.05, 3.63) is 58.2 Å². The Labute approximate surface area is 189 Å². The molecule has 1 aromatic carbocycles. The van der Waals surface area contributed by atoms with E-state index < -0.39 is 11.9 Å². The second-order valence-electron chi connectivity index (χ2n) is 6.77. The molecule has 1 aliphatic rings. The minimum atomic E-state index is -1.21. The normalized spacial score (nSPS) is 13.9. The maximum absolute atomic E-state index is 11.5. The average Bonchev–Trinajstić information content (AvgIpc) is 3.39. The third-order valence-electron chi connectivity index (χ3n) is 5.04. The van der Waals surface area contributed by atoms with Gasteiger partial charge in [0.05, 0.1) is 19.8 Å². The number of ether oxygens (including phenoxy) is 2. The van der Waals surface area contributed by atoms with E-state index in [9.17, 15) is 14.4 Å². The third-order valence-corrected chi connectivity index (χ3v) is 5.04. The summed E-state index contributed by atoms with van der Waals surface area (Å²) in [6, 6.07) is 4.99. The van der Waals surface area contributed by atoms with E-state index in [-0.39, 0.29) is 41.6 Å². The number of carbonyl (C=O) groups is 3. The van der Waals surface area contributed by atoms with E-state index in [1.165, 1.54) is 31.7 Å². The highest BCUT2D eigenvalue weighted by Gasteiger charge is 2.23. The smallest absolute Gasteiger partial charge is 0.356 e. The lowest BCUT2D eigenvalue weighted by Crippen LogP contribution is -2.12. The second-order valence-corrected chi connectivity index (χ2v) is 6.77. The molecule has 0 aliphatic heterocycles. The van der Waals surface area contributed by atoms with Crippen molar-refractivity contribution in [2.45, 2.75) is 25.8 Å². The number of carboxylic acid groups (broad SMARTS) is 1. The highest BCUT2D eigenvalue weighted by atomic mass is 35.5. The molecule has 32 heavy (non-hydrogen) atoms. The molecule has 1 aliphatic carbocycles. The molecule has 0 amide bonds. The zero-order chi connectivity index (χ0) is 22.7. The van der Waals surface area contributed by atoms with Crippen molar-refractivity contribution in [2.75, 3.05) is 14.2 Å². The maximum Gasteiger partial charge on any atom is 0.356 e. The number of rotatable bonds is 3. The number of benzene rings is 1. The molecule has 0 spiro atoms. The number of fused-ring (bicyclic) bond motifs is 2. The van der Waals surface area contributed by atoms with E-state index in [1.54, 1.807) is 0 Å². The first kappa shape index (κ1) is 24.7. The Morgan fingerprint density at radius 3 is 2.50 bits per heavy atom. The fraction of sp³-hybridized carbons (Fsp3) is 0.300. The first-order valence-corrected chi connectivity index (χ1v) is 9.27. The van der Waals surface area contributed by atoms with E-state index in [1.807, 2.05) is 19.1 Å². The lowest BCUT2D eigenvalue weighted by Gasteiger charge is -2.10. The van der Waals surface area contributed by atoms with Crippen LogP contribution in [0.1, 0.15) is 60.5 Å². The van der Waals surface area contributed by atoms with Gasteiger partial charge in [0.15, 0.2) is 5.69 Å². The fourth-order valence-electron chi connectivity index (χ4n) is 3.43. The van der Waals surface area contributed by atoms with Crippen molar-refractivity contribution >= 4 is 36.1 Å². The van der Waals surface area contributed by atoms with Crippen molar-refractivity contribution in [1.82, 2.24) is 19.6 Å². The molecule has 0 bridgehead atoms. The summed E-state index contributed by atoms with van der Waals surface area (Å²) in [5.41, 5.74) is 9.76. The van der Waals surface area contributed by atoms with E-state index in [0.29, 0.717) is 5.56 Å². The average molecular weight is 464 g/mol. The Morgan fingerprint density at radius 1 is 1.19 bits per heavy atom. The number of esters is 2. The van der Waals surface area contributed by atoms with Gasteiger partial charge in [-0.2, -0.15) is 0 Å². The number of aromatic carboxylic acids is 1. The molecule has 2 aromatic heterocycles. The van der Waals surface area contributed by atoms with Crippen LogP contribution in [-0.4, -0.2) is 56.8 Å². The van der Waals surface area contributed by atoms with Crippen LogP contribution in [0.25, 0.3) is 5.78 Å². The van der Waals surface area contributed by atoms with Crippen LogP contribution in [0.3, 0.4) is 0 Å². The number of halogens is 1. The van der Waals surface area contributed by atoms with Gasteiger partial charge in [0.1, 0.15) is 12.0 Å². The maximum atomic E-state index is 11.5. The van der Waals surface area contributed by atoms with Crippen LogP contribution in [-0.2, 0) is 15.9 Å². The third kappa shape index (κ3) is 4.68. The highest BCUT2D eigenvalue weighted by molar-refractivity contribution is 5.93. The second kappa shape index (κ2) is 10.2. The Hall–Kier alpha value is -3.57. The summed E-state index contributed by atoms with van der Waals surface area (Å²) in [5.74, 6) is -2.18. The molecular weight excluding hydrogens is 442 g/mol. The molecule has 0 saturated carbocycles. The topological polar surface area (TPSA) is 159 Å². The van der Waals surface area contributed by atoms with Gasteiger partial charge in [0.2, 0.25) is 0 Å². The lowest BCUT2D eigenvalue weighted by atomic mass is 9.98. The Kier molecular flexibility index (Phi) is 7.84. The number of nitrogens with zero attached hydrogens (tertiary/aromatic N) is 4. The zero-order valence-electron chi connectivity index (χ0n) is 17.6. The summed E-state index contributed by atoms with van der Waals surface area (Å²) in [4.78, 5) is 37.4. The van der Waals surface area contributed by atoms with Crippen LogP contribution in [0.2, 0.25) is 0 Å². The molecule has 0 saturated heterocycles. The van der Waals surface area contributed by atoms with Gasteiger partial charge in [-0.1, -0.05) is 6.07 Å². The van der Waals surface area contributed by atoms with Gasteiger partial charge in [0, 0.05) is 12.1 Å². The van der Waals surface area contributed by atoms with Crippen LogP contribution in [0.4, 0.5) is 0 Å². The Morgan fingerprint density at radius 2 is 1.88 bits per heavy atom. The zero-order valence-corrected chi connectivity index (χ0v) is 18.4. The van der Waals surface area contributed by atoms with Crippen LogP contribution >= 0.6 is 12.4 Å². The highest BCUT2D eigenvalue weighted by Crippen LogP contribution is 2.33. The minimum absolute atomic E-state index is 0. The minimum Gasteiger partial charge on any atom is -0.477 e. The first-order valence-electron chi connectivity index (χ1n) is 9.27. The SMILES string of the molecule is COC(=O)c1cc(C(=O)O)n2cnnc2n1.COC(=O)c1ccc2c(c1C)CC[C@@H]2N.Cl. The van der Waals surface area contributed by atoms with Crippen LogP contribution in [0.15, 0.2) is 24.5 Å². The van der Waals surface area contributed by atoms with Crippen LogP contribution in [0, 0.1) is 6.92 Å². The number of aromatic nitrogens is 4. The number of nitrogens with two attached hydrogens (primary N) is 1. The summed E-state index contributed by atoms with van der Waals surface area (Å²) >= 11 is 0.